The molecule has 1 heterocycles. The summed E-state index contributed by atoms with van der Waals surface area (Å²) in [7, 11) is 0. The molecule has 0 saturated carbocycles. The summed E-state index contributed by atoms with van der Waals surface area (Å²) in [6, 6.07) is 4.66. The van der Waals surface area contributed by atoms with Crippen molar-refractivity contribution in [2.24, 2.45) is 0 Å². The minimum absolute atomic E-state index is 0. The number of hydrogen-bond acceptors (Lipinski definition) is 3. The maximum Gasteiger partial charge on any atom is 0.389 e. The second-order valence-electron chi connectivity index (χ2n) is 6.10. The van der Waals surface area contributed by atoms with E-state index in [4.69, 9.17) is 10.5 Å². The van der Waals surface area contributed by atoms with Crippen molar-refractivity contribution >= 4 is 24.0 Å². The predicted molar refractivity (Wildman–Crippen MR) is 83.6 cm³/mol. The fourth-order valence-electron chi connectivity index (χ4n) is 2.52. The molecule has 0 aliphatic carbocycles. The zero-order valence-corrected chi connectivity index (χ0v) is 13.7. The Kier molecular flexibility index (Phi) is 5.79. The number of anilines is 1. The number of carbonyl (C=O) groups excluding carboxylic acids is 1. The largest absolute Gasteiger partial charge is 0.487 e. The number of ether oxygens (including phenoxy) is 1. The van der Waals surface area contributed by atoms with E-state index in [-0.39, 0.29) is 12.4 Å². The van der Waals surface area contributed by atoms with Crippen molar-refractivity contribution in [3.8, 4) is 5.75 Å². The van der Waals surface area contributed by atoms with Crippen LogP contribution in [0, 0.1) is 0 Å². The minimum atomic E-state index is -4.34. The molecule has 0 fully saturated rings. The van der Waals surface area contributed by atoms with Gasteiger partial charge in [-0.3, -0.25) is 4.79 Å². The van der Waals surface area contributed by atoms with E-state index in [1.54, 1.807) is 18.2 Å². The van der Waals surface area contributed by atoms with E-state index in [2.05, 4.69) is 5.32 Å². The topological polar surface area (TPSA) is 64.4 Å². The smallest absolute Gasteiger partial charge is 0.389 e. The van der Waals surface area contributed by atoms with E-state index in [9.17, 15) is 18.0 Å². The van der Waals surface area contributed by atoms with Gasteiger partial charge in [-0.1, -0.05) is 0 Å². The molecule has 4 nitrogen and oxygen atoms in total. The molecule has 1 aliphatic heterocycles. The molecule has 0 aromatic heterocycles. The summed E-state index contributed by atoms with van der Waals surface area (Å²) in [5.41, 5.74) is 6.42. The minimum Gasteiger partial charge on any atom is -0.487 e. The van der Waals surface area contributed by atoms with Gasteiger partial charge in [0.1, 0.15) is 11.4 Å². The van der Waals surface area contributed by atoms with Crippen LogP contribution in [-0.4, -0.2) is 17.7 Å². The number of carbonyl (C=O) groups is 1. The molecule has 1 amide bonds. The lowest BCUT2D eigenvalue weighted by atomic mass is 9.89. The summed E-state index contributed by atoms with van der Waals surface area (Å²) >= 11 is 0. The second kappa shape index (κ2) is 6.86. The number of nitrogens with one attached hydrogen (secondary N) is 1. The summed E-state index contributed by atoms with van der Waals surface area (Å²) in [4.78, 5) is 11.8. The third-order valence-corrected chi connectivity index (χ3v) is 3.46. The molecule has 130 valence electrons. The van der Waals surface area contributed by atoms with E-state index in [0.29, 0.717) is 23.4 Å². The molecule has 1 aromatic rings. The van der Waals surface area contributed by atoms with Gasteiger partial charge in [0.25, 0.3) is 0 Å². The van der Waals surface area contributed by atoms with Gasteiger partial charge in [-0.05, 0) is 32.0 Å². The highest BCUT2D eigenvalue weighted by atomic mass is 35.5. The number of benzene rings is 1. The van der Waals surface area contributed by atoms with Gasteiger partial charge in [-0.2, -0.15) is 13.2 Å². The van der Waals surface area contributed by atoms with Crippen molar-refractivity contribution in [1.82, 2.24) is 5.32 Å². The van der Waals surface area contributed by atoms with Crippen LogP contribution in [0.25, 0.3) is 0 Å². The fourth-order valence-corrected chi connectivity index (χ4v) is 2.52. The molecule has 23 heavy (non-hydrogen) atoms. The fraction of sp³-hybridized carbons (Fsp3) is 0.533. The van der Waals surface area contributed by atoms with Crippen molar-refractivity contribution < 1.29 is 22.7 Å². The molecule has 1 atom stereocenters. The number of halogens is 4. The van der Waals surface area contributed by atoms with Crippen molar-refractivity contribution in [3.05, 3.63) is 23.8 Å². The maximum absolute atomic E-state index is 12.2. The highest BCUT2D eigenvalue weighted by molar-refractivity contribution is 5.85. The van der Waals surface area contributed by atoms with E-state index in [1.807, 2.05) is 13.8 Å². The Bertz CT molecular complexity index is 576. The Hall–Kier alpha value is -1.63. The van der Waals surface area contributed by atoms with E-state index in [0.717, 1.165) is 0 Å². The van der Waals surface area contributed by atoms with Gasteiger partial charge in [0, 0.05) is 24.1 Å². The maximum atomic E-state index is 12.2. The van der Waals surface area contributed by atoms with Crippen LogP contribution in [0.15, 0.2) is 18.2 Å². The Morgan fingerprint density at radius 1 is 1.43 bits per heavy atom. The number of amides is 1. The van der Waals surface area contributed by atoms with Crippen LogP contribution in [0.4, 0.5) is 18.9 Å². The quantitative estimate of drug-likeness (QED) is 0.814. The van der Waals surface area contributed by atoms with Gasteiger partial charge in [0.15, 0.2) is 0 Å². The first kappa shape index (κ1) is 19.4. The number of alkyl halides is 3. The Morgan fingerprint density at radius 2 is 2.09 bits per heavy atom. The van der Waals surface area contributed by atoms with E-state index in [1.165, 1.54) is 0 Å². The summed E-state index contributed by atoms with van der Waals surface area (Å²) in [6.07, 6.45) is -5.59. The van der Waals surface area contributed by atoms with E-state index < -0.39 is 36.6 Å². The molecular weight excluding hydrogens is 333 g/mol. The zero-order valence-electron chi connectivity index (χ0n) is 12.9. The highest BCUT2D eigenvalue weighted by Crippen LogP contribution is 2.40. The lowest BCUT2D eigenvalue weighted by Gasteiger charge is -2.38. The lowest BCUT2D eigenvalue weighted by molar-refractivity contribution is -0.144. The zero-order chi connectivity index (χ0) is 16.5. The molecule has 0 spiro atoms. The normalized spacial score (nSPS) is 19.1. The predicted octanol–water partition coefficient (Wildman–Crippen LogP) is 3.75. The molecule has 3 N–H and O–H groups in total. The third-order valence-electron chi connectivity index (χ3n) is 3.46. The number of nitrogen functional groups attached to an aromatic ring is 1. The number of nitrogens with two attached hydrogens (primary N) is 1. The van der Waals surface area contributed by atoms with Crippen molar-refractivity contribution in [1.29, 1.82) is 0 Å². The molecule has 0 bridgehead atoms. The average molecular weight is 353 g/mol. The molecule has 8 heteroatoms. The van der Waals surface area contributed by atoms with Gasteiger partial charge in [-0.15, -0.1) is 12.4 Å². The lowest BCUT2D eigenvalue weighted by Crippen LogP contribution is -2.41. The molecular formula is C15H20ClF3N2O2. The summed E-state index contributed by atoms with van der Waals surface area (Å²) in [6.45, 7) is 3.72. The molecule has 1 aliphatic rings. The van der Waals surface area contributed by atoms with Crippen molar-refractivity contribution in [2.45, 2.75) is 50.9 Å². The molecule has 1 aromatic carbocycles. The van der Waals surface area contributed by atoms with Crippen LogP contribution >= 0.6 is 12.4 Å². The number of hydrogen-bond donors (Lipinski definition) is 2. The molecule has 0 saturated heterocycles. The Morgan fingerprint density at radius 3 is 2.70 bits per heavy atom. The van der Waals surface area contributed by atoms with Crippen LogP contribution < -0.4 is 15.8 Å². The van der Waals surface area contributed by atoms with E-state index >= 15 is 0 Å². The van der Waals surface area contributed by atoms with Crippen LogP contribution in [0.1, 0.15) is 44.7 Å². The summed E-state index contributed by atoms with van der Waals surface area (Å²) in [5.74, 6) is -0.0417. The van der Waals surface area contributed by atoms with Gasteiger partial charge >= 0.3 is 6.18 Å². The Labute approximate surface area is 139 Å². The number of fused-ring (bicyclic) bond motifs is 1. The second-order valence-corrected chi connectivity index (χ2v) is 6.10. The average Bonchev–Trinajstić information content (AvgIpc) is 2.35. The van der Waals surface area contributed by atoms with Crippen LogP contribution in [0.5, 0.6) is 5.75 Å². The van der Waals surface area contributed by atoms with Crippen LogP contribution in [0.2, 0.25) is 0 Å². The first-order chi connectivity index (χ1) is 10.1. The van der Waals surface area contributed by atoms with Crippen molar-refractivity contribution in [3.63, 3.8) is 0 Å². The standard InChI is InChI=1S/C15H19F3N2O2.ClH/c1-14(2)8-11(20-13(21)5-6-15(16,17)18)10-7-9(19)3-4-12(10)22-14;/h3-4,7,11H,5-6,8,19H2,1-2H3,(H,20,21);1H. The molecule has 2 rings (SSSR count). The van der Waals surface area contributed by atoms with Gasteiger partial charge in [0.2, 0.25) is 5.91 Å². The Balaban J connectivity index is 0.00000264. The highest BCUT2D eigenvalue weighted by Gasteiger charge is 2.35. The molecule has 0 radical (unpaired) electrons. The first-order valence-electron chi connectivity index (χ1n) is 7.00. The molecule has 1 unspecified atom stereocenters. The van der Waals surface area contributed by atoms with Gasteiger partial charge in [-0.25, -0.2) is 0 Å². The SMILES string of the molecule is CC1(C)CC(NC(=O)CCC(F)(F)F)c2cc(N)ccc2O1.Cl. The third kappa shape index (κ3) is 5.49. The summed E-state index contributed by atoms with van der Waals surface area (Å²) in [5, 5.41) is 2.66. The van der Waals surface area contributed by atoms with Crippen LogP contribution in [-0.2, 0) is 4.79 Å². The van der Waals surface area contributed by atoms with Crippen molar-refractivity contribution in [2.75, 3.05) is 5.73 Å². The van der Waals surface area contributed by atoms with Gasteiger partial charge < -0.3 is 15.8 Å². The summed E-state index contributed by atoms with van der Waals surface area (Å²) < 4.78 is 42.4. The van der Waals surface area contributed by atoms with Gasteiger partial charge in [0.05, 0.1) is 12.5 Å². The van der Waals surface area contributed by atoms with Crippen LogP contribution in [0.3, 0.4) is 0 Å². The monoisotopic (exact) mass is 352 g/mol. The first-order valence-corrected chi connectivity index (χ1v) is 7.00. The number of rotatable bonds is 3.